The Kier molecular flexibility index (Phi) is 2.93. The van der Waals surface area contributed by atoms with Crippen molar-refractivity contribution in [3.63, 3.8) is 0 Å². The zero-order chi connectivity index (χ0) is 11.7. The van der Waals surface area contributed by atoms with Crippen LogP contribution in [0.5, 0.6) is 0 Å². The van der Waals surface area contributed by atoms with Crippen LogP contribution in [0.2, 0.25) is 0 Å². The van der Waals surface area contributed by atoms with E-state index in [2.05, 4.69) is 5.32 Å². The van der Waals surface area contributed by atoms with Crippen LogP contribution in [-0.2, 0) is 14.3 Å². The number of hydrogen-bond acceptors (Lipinski definition) is 4. The Morgan fingerprint density at radius 3 is 3.00 bits per heavy atom. The fraction of sp³-hybridized carbons (Fsp3) is 0.750. The first-order chi connectivity index (χ1) is 8.33. The maximum absolute atomic E-state index is 12.2. The summed E-state index contributed by atoms with van der Waals surface area (Å²) in [5.41, 5.74) is 0. The third-order valence-corrected chi connectivity index (χ3v) is 3.67. The first-order valence-electron chi connectivity index (χ1n) is 6.33. The fourth-order valence-electron chi connectivity index (χ4n) is 2.76. The Labute approximate surface area is 101 Å². The number of hydrogen-bond donors (Lipinski definition) is 1. The molecule has 3 rings (SSSR count). The molecule has 1 amide bonds. The van der Waals surface area contributed by atoms with Crippen molar-refractivity contribution in [1.29, 1.82) is 0 Å². The van der Waals surface area contributed by atoms with Crippen molar-refractivity contribution in [1.82, 2.24) is 10.2 Å². The summed E-state index contributed by atoms with van der Waals surface area (Å²) in [4.78, 5) is 14.1. The smallest absolute Gasteiger partial charge is 0.292 e. The molecule has 2 saturated heterocycles. The van der Waals surface area contributed by atoms with Gasteiger partial charge < -0.3 is 19.7 Å². The molecule has 0 aromatic carbocycles. The topological polar surface area (TPSA) is 50.8 Å². The summed E-state index contributed by atoms with van der Waals surface area (Å²) >= 11 is 0. The van der Waals surface area contributed by atoms with Crippen molar-refractivity contribution in [2.75, 3.05) is 26.3 Å². The third-order valence-electron chi connectivity index (χ3n) is 3.67. The molecule has 0 saturated carbocycles. The highest BCUT2D eigenvalue weighted by molar-refractivity contribution is 5.91. The highest BCUT2D eigenvalue weighted by Gasteiger charge is 2.32. The molecule has 3 aliphatic heterocycles. The van der Waals surface area contributed by atoms with Gasteiger partial charge in [0.1, 0.15) is 19.5 Å². The van der Waals surface area contributed by atoms with Gasteiger partial charge in [0.15, 0.2) is 0 Å². The van der Waals surface area contributed by atoms with Gasteiger partial charge in [0.2, 0.25) is 5.76 Å². The first-order valence-corrected chi connectivity index (χ1v) is 6.33. The van der Waals surface area contributed by atoms with E-state index in [1.807, 2.05) is 4.90 Å². The SMILES string of the molecule is O=C(C1=COCCO1)N1CCC2CCC(C1)N2. The number of rotatable bonds is 1. The van der Waals surface area contributed by atoms with E-state index in [1.54, 1.807) is 0 Å². The van der Waals surface area contributed by atoms with E-state index in [0.29, 0.717) is 31.1 Å². The minimum absolute atomic E-state index is 0.0287. The van der Waals surface area contributed by atoms with Gasteiger partial charge in [-0.05, 0) is 19.3 Å². The molecule has 0 spiro atoms. The quantitative estimate of drug-likeness (QED) is 0.710. The van der Waals surface area contributed by atoms with E-state index in [1.165, 1.54) is 19.1 Å². The molecule has 1 N–H and O–H groups in total. The van der Waals surface area contributed by atoms with E-state index in [9.17, 15) is 4.79 Å². The molecule has 3 heterocycles. The minimum atomic E-state index is -0.0287. The predicted molar refractivity (Wildman–Crippen MR) is 61.1 cm³/mol. The Balaban J connectivity index is 1.67. The van der Waals surface area contributed by atoms with Crippen LogP contribution < -0.4 is 5.32 Å². The normalized spacial score (nSPS) is 32.2. The van der Waals surface area contributed by atoms with Crippen LogP contribution >= 0.6 is 0 Å². The maximum atomic E-state index is 12.2. The maximum Gasteiger partial charge on any atom is 0.292 e. The highest BCUT2D eigenvalue weighted by atomic mass is 16.6. The number of carbonyl (C=O) groups is 1. The number of carbonyl (C=O) groups excluding carboxylic acids is 1. The second-order valence-electron chi connectivity index (χ2n) is 4.88. The summed E-state index contributed by atoms with van der Waals surface area (Å²) < 4.78 is 10.5. The van der Waals surface area contributed by atoms with Crippen LogP contribution in [0.15, 0.2) is 12.0 Å². The molecule has 2 unspecified atom stereocenters. The van der Waals surface area contributed by atoms with Gasteiger partial charge >= 0.3 is 0 Å². The molecule has 2 atom stereocenters. The molecule has 0 aromatic heterocycles. The van der Waals surface area contributed by atoms with Crippen molar-refractivity contribution in [2.45, 2.75) is 31.3 Å². The largest absolute Gasteiger partial charge is 0.494 e. The Morgan fingerprint density at radius 2 is 2.18 bits per heavy atom. The van der Waals surface area contributed by atoms with Crippen molar-refractivity contribution < 1.29 is 14.3 Å². The third kappa shape index (κ3) is 2.24. The van der Waals surface area contributed by atoms with E-state index >= 15 is 0 Å². The van der Waals surface area contributed by atoms with E-state index in [-0.39, 0.29) is 5.91 Å². The molecule has 3 aliphatic rings. The zero-order valence-corrected chi connectivity index (χ0v) is 9.85. The van der Waals surface area contributed by atoms with Gasteiger partial charge in [-0.15, -0.1) is 0 Å². The average Bonchev–Trinajstić information content (AvgIpc) is 2.69. The molecule has 94 valence electrons. The van der Waals surface area contributed by atoms with E-state index in [4.69, 9.17) is 9.47 Å². The molecule has 5 heteroatoms. The van der Waals surface area contributed by atoms with E-state index in [0.717, 1.165) is 19.5 Å². The summed E-state index contributed by atoms with van der Waals surface area (Å²) in [5, 5.41) is 3.56. The number of ether oxygens (including phenoxy) is 2. The van der Waals surface area contributed by atoms with Crippen LogP contribution in [0.1, 0.15) is 19.3 Å². The zero-order valence-electron chi connectivity index (χ0n) is 9.85. The summed E-state index contributed by atoms with van der Waals surface area (Å²) in [7, 11) is 0. The lowest BCUT2D eigenvalue weighted by molar-refractivity contribution is -0.132. The minimum Gasteiger partial charge on any atom is -0.494 e. The summed E-state index contributed by atoms with van der Waals surface area (Å²) in [6.07, 6.45) is 4.90. The molecular formula is C12H18N2O3. The van der Waals surface area contributed by atoms with Gasteiger partial charge in [0.05, 0.1) is 0 Å². The van der Waals surface area contributed by atoms with Gasteiger partial charge in [-0.25, -0.2) is 0 Å². The van der Waals surface area contributed by atoms with Crippen LogP contribution in [0, 0.1) is 0 Å². The lowest BCUT2D eigenvalue weighted by atomic mass is 10.1. The molecule has 0 aromatic rings. The highest BCUT2D eigenvalue weighted by Crippen LogP contribution is 2.21. The standard InChI is InChI=1S/C12H18N2O3/c15-12(11-8-16-5-6-17-11)14-4-3-9-1-2-10(7-14)13-9/h8-10,13H,1-7H2. The monoisotopic (exact) mass is 238 g/mol. The lowest BCUT2D eigenvalue weighted by Crippen LogP contribution is -2.40. The van der Waals surface area contributed by atoms with E-state index < -0.39 is 0 Å². The molecule has 2 fully saturated rings. The van der Waals surface area contributed by atoms with Crippen LogP contribution in [0.25, 0.3) is 0 Å². The van der Waals surface area contributed by atoms with Crippen LogP contribution in [-0.4, -0.2) is 49.2 Å². The molecular weight excluding hydrogens is 220 g/mol. The molecule has 0 radical (unpaired) electrons. The van der Waals surface area contributed by atoms with Gasteiger partial charge in [0.25, 0.3) is 5.91 Å². The van der Waals surface area contributed by atoms with Gasteiger partial charge in [0, 0.05) is 25.2 Å². The Hall–Kier alpha value is -1.23. The molecule has 5 nitrogen and oxygen atoms in total. The summed E-state index contributed by atoms with van der Waals surface area (Å²) in [6, 6.07) is 1.05. The lowest BCUT2D eigenvalue weighted by Gasteiger charge is -2.26. The van der Waals surface area contributed by atoms with Gasteiger partial charge in [-0.3, -0.25) is 4.79 Å². The number of amides is 1. The van der Waals surface area contributed by atoms with Crippen LogP contribution in [0.4, 0.5) is 0 Å². The second kappa shape index (κ2) is 4.56. The van der Waals surface area contributed by atoms with Gasteiger partial charge in [-0.2, -0.15) is 0 Å². The first kappa shape index (κ1) is 10.9. The number of nitrogens with zero attached hydrogens (tertiary/aromatic N) is 1. The van der Waals surface area contributed by atoms with Crippen LogP contribution in [0.3, 0.4) is 0 Å². The summed E-state index contributed by atoms with van der Waals surface area (Å²) in [6.45, 7) is 2.60. The molecule has 2 bridgehead atoms. The second-order valence-corrected chi connectivity index (χ2v) is 4.88. The van der Waals surface area contributed by atoms with Crippen molar-refractivity contribution in [3.8, 4) is 0 Å². The van der Waals surface area contributed by atoms with Crippen molar-refractivity contribution in [3.05, 3.63) is 12.0 Å². The molecule has 0 aliphatic carbocycles. The summed E-state index contributed by atoms with van der Waals surface area (Å²) in [5.74, 6) is 0.327. The van der Waals surface area contributed by atoms with Crippen molar-refractivity contribution >= 4 is 5.91 Å². The number of likely N-dealkylation sites (tertiary alicyclic amines) is 1. The Bertz CT molecular complexity index is 343. The van der Waals surface area contributed by atoms with Crippen molar-refractivity contribution in [2.24, 2.45) is 0 Å². The average molecular weight is 238 g/mol. The molecule has 17 heavy (non-hydrogen) atoms. The van der Waals surface area contributed by atoms with Gasteiger partial charge in [-0.1, -0.05) is 0 Å². The number of fused-ring (bicyclic) bond motifs is 2. The Morgan fingerprint density at radius 1 is 1.29 bits per heavy atom. The number of nitrogens with one attached hydrogen (secondary N) is 1. The fourth-order valence-corrected chi connectivity index (χ4v) is 2.76. The predicted octanol–water partition coefficient (Wildman–Crippen LogP) is 0.227.